The highest BCUT2D eigenvalue weighted by molar-refractivity contribution is 7.89. The topological polar surface area (TPSA) is 101 Å². The van der Waals surface area contributed by atoms with Crippen LogP contribution in [-0.4, -0.2) is 49.1 Å². The molecule has 2 aromatic carbocycles. The van der Waals surface area contributed by atoms with E-state index in [0.29, 0.717) is 12.0 Å². The molecule has 1 unspecified atom stereocenters. The van der Waals surface area contributed by atoms with Crippen LogP contribution in [0.1, 0.15) is 31.4 Å². The van der Waals surface area contributed by atoms with Crippen LogP contribution in [0.15, 0.2) is 53.4 Å². The molecule has 2 rings (SSSR count). The lowest BCUT2D eigenvalue weighted by atomic mass is 10.1. The molecule has 0 saturated heterocycles. The number of hydrogen-bond donors (Lipinski definition) is 0. The lowest BCUT2D eigenvalue weighted by Crippen LogP contribution is -2.32. The number of benzene rings is 2. The number of amides is 1. The maximum Gasteiger partial charge on any atom is 0.269 e. The van der Waals surface area contributed by atoms with E-state index in [-0.39, 0.29) is 35.5 Å². The molecule has 8 nitrogen and oxygen atoms in total. The van der Waals surface area contributed by atoms with Crippen molar-refractivity contribution >= 4 is 21.6 Å². The monoisotopic (exact) mass is 437 g/mol. The number of nitrogens with zero attached hydrogens (tertiary/aromatic N) is 3. The van der Waals surface area contributed by atoms with Crippen molar-refractivity contribution < 1.29 is 22.5 Å². The van der Waals surface area contributed by atoms with Crippen LogP contribution in [-0.2, 0) is 14.8 Å². The van der Waals surface area contributed by atoms with Crippen molar-refractivity contribution in [3.05, 3.63) is 70.0 Å². The predicted molar refractivity (Wildman–Crippen MR) is 110 cm³/mol. The van der Waals surface area contributed by atoms with Crippen LogP contribution in [0.3, 0.4) is 0 Å². The van der Waals surface area contributed by atoms with Crippen LogP contribution in [0.5, 0.6) is 0 Å². The molecule has 2 aromatic rings. The summed E-state index contributed by atoms with van der Waals surface area (Å²) < 4.78 is 39.1. The maximum absolute atomic E-state index is 13.0. The Labute approximate surface area is 175 Å². The highest BCUT2D eigenvalue weighted by Crippen LogP contribution is 2.24. The molecule has 0 aromatic heterocycles. The summed E-state index contributed by atoms with van der Waals surface area (Å²) in [6, 6.07) is 10.3. The van der Waals surface area contributed by atoms with E-state index < -0.39 is 20.8 Å². The number of rotatable bonds is 9. The molecule has 10 heteroatoms. The van der Waals surface area contributed by atoms with Gasteiger partial charge < -0.3 is 4.90 Å². The smallest absolute Gasteiger partial charge is 0.269 e. The number of halogens is 1. The molecule has 0 saturated carbocycles. The summed E-state index contributed by atoms with van der Waals surface area (Å²) in [7, 11) is -0.765. The third-order valence-corrected chi connectivity index (χ3v) is 6.79. The van der Waals surface area contributed by atoms with E-state index in [1.165, 1.54) is 36.2 Å². The molecule has 0 N–H and O–H groups in total. The van der Waals surface area contributed by atoms with Crippen molar-refractivity contribution in [3.63, 3.8) is 0 Å². The van der Waals surface area contributed by atoms with Crippen LogP contribution >= 0.6 is 0 Å². The molecule has 0 aliphatic carbocycles. The normalized spacial score (nSPS) is 12.6. The molecule has 0 aliphatic heterocycles. The van der Waals surface area contributed by atoms with Gasteiger partial charge in [-0.3, -0.25) is 14.9 Å². The molecule has 0 aliphatic rings. The first kappa shape index (κ1) is 23.4. The molecule has 0 spiro atoms. The summed E-state index contributed by atoms with van der Waals surface area (Å²) in [4.78, 5) is 24.4. The van der Waals surface area contributed by atoms with E-state index in [0.717, 1.165) is 16.4 Å². The Bertz CT molecular complexity index is 1010. The highest BCUT2D eigenvalue weighted by Gasteiger charge is 2.22. The SMILES string of the molecule is CC(c1cccc([N+](=O)[O-])c1)N(C)C(=O)CCCN(C)S(=O)(=O)c1ccc(F)cc1. The third kappa shape index (κ3) is 5.61. The zero-order chi connectivity index (χ0) is 22.5. The van der Waals surface area contributed by atoms with E-state index in [2.05, 4.69) is 0 Å². The summed E-state index contributed by atoms with van der Waals surface area (Å²) in [5.41, 5.74) is 0.587. The maximum atomic E-state index is 13.0. The van der Waals surface area contributed by atoms with Crippen molar-refractivity contribution in [2.24, 2.45) is 0 Å². The average Bonchev–Trinajstić information content (AvgIpc) is 2.72. The zero-order valence-corrected chi connectivity index (χ0v) is 17.8. The molecule has 0 bridgehead atoms. The van der Waals surface area contributed by atoms with Gasteiger partial charge in [0.25, 0.3) is 5.69 Å². The Morgan fingerprint density at radius 2 is 1.80 bits per heavy atom. The number of non-ortho nitro benzene ring substituents is 1. The summed E-state index contributed by atoms with van der Waals surface area (Å²) in [5.74, 6) is -0.732. The van der Waals surface area contributed by atoms with E-state index in [1.807, 2.05) is 0 Å². The van der Waals surface area contributed by atoms with Gasteiger partial charge in [-0.15, -0.1) is 0 Å². The molecular formula is C20H24FN3O5S. The minimum absolute atomic E-state index is 0.0193. The number of carbonyl (C=O) groups is 1. The molecule has 30 heavy (non-hydrogen) atoms. The second kappa shape index (κ2) is 9.77. The van der Waals surface area contributed by atoms with E-state index in [9.17, 15) is 27.7 Å². The number of carbonyl (C=O) groups excluding carboxylic acids is 1. The molecular weight excluding hydrogens is 413 g/mol. The van der Waals surface area contributed by atoms with Gasteiger partial charge in [0.2, 0.25) is 15.9 Å². The molecule has 1 atom stereocenters. The first-order valence-electron chi connectivity index (χ1n) is 9.26. The standard InChI is InChI=1S/C20H24FN3O5S/c1-15(16-6-4-7-18(14-16)24(26)27)23(3)20(25)8-5-13-22(2)30(28,29)19-11-9-17(21)10-12-19/h4,6-7,9-12,14-15H,5,8,13H2,1-3H3. The Morgan fingerprint density at radius 3 is 2.40 bits per heavy atom. The van der Waals surface area contributed by atoms with Gasteiger partial charge >= 0.3 is 0 Å². The van der Waals surface area contributed by atoms with Gasteiger partial charge in [-0.2, -0.15) is 0 Å². The Kier molecular flexibility index (Phi) is 7.63. The fourth-order valence-electron chi connectivity index (χ4n) is 2.87. The molecule has 0 heterocycles. The van der Waals surface area contributed by atoms with Crippen molar-refractivity contribution in [1.29, 1.82) is 0 Å². The lowest BCUT2D eigenvalue weighted by molar-refractivity contribution is -0.384. The van der Waals surface area contributed by atoms with Gasteiger partial charge in [0, 0.05) is 39.2 Å². The fourth-order valence-corrected chi connectivity index (χ4v) is 4.08. The first-order chi connectivity index (χ1) is 14.0. The summed E-state index contributed by atoms with van der Waals surface area (Å²) >= 11 is 0. The molecule has 162 valence electrons. The highest BCUT2D eigenvalue weighted by atomic mass is 32.2. The minimum Gasteiger partial charge on any atom is -0.339 e. The minimum atomic E-state index is -3.77. The van der Waals surface area contributed by atoms with Gasteiger partial charge in [0.15, 0.2) is 0 Å². The summed E-state index contributed by atoms with van der Waals surface area (Å²) in [5, 5.41) is 10.9. The van der Waals surface area contributed by atoms with Crippen LogP contribution in [0, 0.1) is 15.9 Å². The van der Waals surface area contributed by atoms with Crippen LogP contribution < -0.4 is 0 Å². The number of sulfonamides is 1. The molecule has 1 amide bonds. The lowest BCUT2D eigenvalue weighted by Gasteiger charge is -2.26. The first-order valence-corrected chi connectivity index (χ1v) is 10.7. The quantitative estimate of drug-likeness (QED) is 0.442. The van der Waals surface area contributed by atoms with Gasteiger partial charge in [0.1, 0.15) is 5.82 Å². The van der Waals surface area contributed by atoms with Crippen molar-refractivity contribution in [2.75, 3.05) is 20.6 Å². The number of nitro groups is 1. The van der Waals surface area contributed by atoms with Gasteiger partial charge in [0.05, 0.1) is 15.9 Å². The summed E-state index contributed by atoms with van der Waals surface area (Å²) in [6.07, 6.45) is 0.404. The largest absolute Gasteiger partial charge is 0.339 e. The van der Waals surface area contributed by atoms with E-state index >= 15 is 0 Å². The van der Waals surface area contributed by atoms with Gasteiger partial charge in [-0.1, -0.05) is 12.1 Å². The van der Waals surface area contributed by atoms with Gasteiger partial charge in [-0.25, -0.2) is 17.1 Å². The number of hydrogen-bond acceptors (Lipinski definition) is 5. The van der Waals surface area contributed by atoms with Crippen LogP contribution in [0.4, 0.5) is 10.1 Å². The average molecular weight is 437 g/mol. The fraction of sp³-hybridized carbons (Fsp3) is 0.350. The Balaban J connectivity index is 1.94. The van der Waals surface area contributed by atoms with E-state index in [4.69, 9.17) is 0 Å². The Hall–Kier alpha value is -2.85. The van der Waals surface area contributed by atoms with Crippen molar-refractivity contribution in [3.8, 4) is 0 Å². The second-order valence-electron chi connectivity index (χ2n) is 6.92. The zero-order valence-electron chi connectivity index (χ0n) is 17.0. The third-order valence-electron chi connectivity index (χ3n) is 4.92. The second-order valence-corrected chi connectivity index (χ2v) is 8.96. The van der Waals surface area contributed by atoms with Gasteiger partial charge in [-0.05, 0) is 43.2 Å². The van der Waals surface area contributed by atoms with Crippen LogP contribution in [0.25, 0.3) is 0 Å². The summed E-state index contributed by atoms with van der Waals surface area (Å²) in [6.45, 7) is 1.88. The number of nitro benzene ring substituents is 1. The predicted octanol–water partition coefficient (Wildman–Crippen LogP) is 3.35. The molecule has 0 fully saturated rings. The van der Waals surface area contributed by atoms with Crippen molar-refractivity contribution in [1.82, 2.24) is 9.21 Å². The Morgan fingerprint density at radius 1 is 1.17 bits per heavy atom. The van der Waals surface area contributed by atoms with Crippen molar-refractivity contribution in [2.45, 2.75) is 30.7 Å². The van der Waals surface area contributed by atoms with Crippen LogP contribution in [0.2, 0.25) is 0 Å². The van der Waals surface area contributed by atoms with E-state index in [1.54, 1.807) is 26.1 Å². The molecule has 0 radical (unpaired) electrons.